The minimum atomic E-state index is -0.307. The van der Waals surface area contributed by atoms with Crippen molar-refractivity contribution in [2.75, 3.05) is 61.3 Å². The van der Waals surface area contributed by atoms with Crippen LogP contribution in [0.15, 0.2) is 91.0 Å². The Bertz CT molecular complexity index is 2630. The van der Waals surface area contributed by atoms with Crippen LogP contribution in [0.5, 0.6) is 17.2 Å². The van der Waals surface area contributed by atoms with Crippen LogP contribution >= 0.6 is 12.6 Å². The molecule has 10 nitrogen and oxygen atoms in total. The molecule has 0 N–H and O–H groups in total. The number of rotatable bonds is 18. The van der Waals surface area contributed by atoms with Crippen molar-refractivity contribution >= 4 is 41.5 Å². The van der Waals surface area contributed by atoms with Gasteiger partial charge in [-0.15, -0.1) is 5.92 Å². The summed E-state index contributed by atoms with van der Waals surface area (Å²) >= 11 is 4.97. The zero-order chi connectivity index (χ0) is 46.8. The summed E-state index contributed by atoms with van der Waals surface area (Å²) in [4.78, 5) is 34.7. The predicted molar refractivity (Wildman–Crippen MR) is 269 cm³/mol. The maximum atomic E-state index is 14.3. The van der Waals surface area contributed by atoms with E-state index in [2.05, 4.69) is 81.5 Å². The molecule has 4 aliphatic heterocycles. The number of fused-ring (bicyclic) bond motifs is 8. The minimum absolute atomic E-state index is 0. The van der Waals surface area contributed by atoms with E-state index in [4.69, 9.17) is 36.3 Å². The van der Waals surface area contributed by atoms with Crippen LogP contribution < -0.4 is 28.9 Å². The molecule has 5 aromatic carbocycles. The van der Waals surface area contributed by atoms with Crippen LogP contribution in [0.3, 0.4) is 0 Å². The van der Waals surface area contributed by atoms with Gasteiger partial charge in [0.2, 0.25) is 0 Å². The van der Waals surface area contributed by atoms with Crippen LogP contribution in [0.4, 0.5) is 17.1 Å². The van der Waals surface area contributed by atoms with E-state index >= 15 is 0 Å². The maximum absolute atomic E-state index is 14.3. The summed E-state index contributed by atoms with van der Waals surface area (Å²) in [6, 6.07) is 31.0. The number of amides is 2. The normalized spacial score (nSPS) is 18.0. The third-order valence-corrected chi connectivity index (χ3v) is 13.6. The van der Waals surface area contributed by atoms with Gasteiger partial charge in [0.05, 0.1) is 26.9 Å². The standard InChI is InChI=1S/C56H64N3O7S.Y/c1-7-19-63-21-22-64-20-18-57(35-56(4,5)67)44-26-38(33-65-51-31-46-36(2)23-45-29-42-13-9-11-15-50(42)59(45)55(61)48(46)24-37(51)3)25-39(27-44)34-66-53-30-40-16-17-43-28-41-12-8-10-14-49(41)58(43)54(60)47(40)32-52(53)62-6;/h8-15,23-27,30-32,36,43,45,67H,7,16-22,28-29,33-35H2,1-6H3;/q-1;/t36?,43-,45-;/m1./s1. The van der Waals surface area contributed by atoms with E-state index in [1.807, 2.05) is 65.3 Å². The summed E-state index contributed by atoms with van der Waals surface area (Å²) in [5, 5.41) is 0. The van der Waals surface area contributed by atoms with Gasteiger partial charge in [-0.1, -0.05) is 61.9 Å². The van der Waals surface area contributed by atoms with Crippen molar-refractivity contribution < 1.29 is 66.0 Å². The molecule has 355 valence electrons. The third-order valence-electron chi connectivity index (χ3n) is 13.5. The van der Waals surface area contributed by atoms with E-state index in [0.717, 1.165) is 94.9 Å². The first-order chi connectivity index (χ1) is 32.4. The monoisotopic (exact) mass is 1010 g/mol. The number of carbonyl (C=O) groups is 2. The Morgan fingerprint density at radius 1 is 0.750 bits per heavy atom. The third kappa shape index (κ3) is 10.8. The first kappa shape index (κ1) is 50.0. The summed E-state index contributed by atoms with van der Waals surface area (Å²) in [7, 11) is 1.62. The number of benzene rings is 5. The molecule has 5 aromatic rings. The minimum Gasteiger partial charge on any atom is -0.493 e. The molecule has 1 unspecified atom stereocenters. The average molecular weight is 1010 g/mol. The maximum Gasteiger partial charge on any atom is 0.258 e. The van der Waals surface area contributed by atoms with E-state index in [-0.39, 0.29) is 73.9 Å². The van der Waals surface area contributed by atoms with Crippen LogP contribution in [0.1, 0.15) is 106 Å². The van der Waals surface area contributed by atoms with Crippen LogP contribution in [0, 0.1) is 13.3 Å². The van der Waals surface area contributed by atoms with Crippen molar-refractivity contribution in [3.63, 3.8) is 0 Å². The second-order valence-corrected chi connectivity index (χ2v) is 20.4. The number of para-hydroxylation sites is 2. The Morgan fingerprint density at radius 3 is 2.09 bits per heavy atom. The molecular weight excluding hydrogens is 948 g/mol. The van der Waals surface area contributed by atoms with Gasteiger partial charge < -0.3 is 38.4 Å². The fourth-order valence-corrected chi connectivity index (χ4v) is 10.5. The molecule has 0 aromatic heterocycles. The van der Waals surface area contributed by atoms with Gasteiger partial charge in [0.25, 0.3) is 11.8 Å². The Kier molecular flexibility index (Phi) is 16.0. The van der Waals surface area contributed by atoms with Gasteiger partial charge in [-0.25, -0.2) is 0 Å². The van der Waals surface area contributed by atoms with Gasteiger partial charge in [0.1, 0.15) is 19.0 Å². The van der Waals surface area contributed by atoms with Crippen molar-refractivity contribution in [3.05, 3.63) is 147 Å². The van der Waals surface area contributed by atoms with Crippen molar-refractivity contribution in [3.8, 4) is 17.2 Å². The fourth-order valence-electron chi connectivity index (χ4n) is 10.3. The van der Waals surface area contributed by atoms with Gasteiger partial charge in [-0.2, -0.15) is 12.6 Å². The molecule has 2 amide bonds. The summed E-state index contributed by atoms with van der Waals surface area (Å²) in [6.07, 6.45) is 6.58. The average Bonchev–Trinajstić information content (AvgIpc) is 3.81. The van der Waals surface area contributed by atoms with Crippen molar-refractivity contribution in [1.82, 2.24) is 0 Å². The van der Waals surface area contributed by atoms with E-state index < -0.39 is 0 Å². The summed E-state index contributed by atoms with van der Waals surface area (Å²) in [5.41, 5.74) is 11.6. The zero-order valence-electron chi connectivity index (χ0n) is 40.4. The molecule has 0 spiro atoms. The number of ether oxygens (including phenoxy) is 5. The molecule has 9 rings (SSSR count). The number of hydrogen-bond donors (Lipinski definition) is 1. The quantitative estimate of drug-likeness (QED) is 0.0528. The van der Waals surface area contributed by atoms with Gasteiger partial charge in [-0.05, 0) is 141 Å². The molecule has 3 atom stereocenters. The molecule has 0 aliphatic carbocycles. The molecule has 1 radical (unpaired) electrons. The van der Waals surface area contributed by atoms with Crippen molar-refractivity contribution in [2.24, 2.45) is 0 Å². The molecular formula is C56H64N3O7SY-. The van der Waals surface area contributed by atoms with Crippen molar-refractivity contribution in [2.45, 2.75) is 103 Å². The Hall–Kier alpha value is -4.39. The number of aryl methyl sites for hydroxylation is 2. The molecule has 0 bridgehead atoms. The molecule has 0 saturated carbocycles. The van der Waals surface area contributed by atoms with Crippen LogP contribution in [-0.4, -0.2) is 75.3 Å². The van der Waals surface area contributed by atoms with E-state index in [1.165, 1.54) is 11.1 Å². The Balaban J connectivity index is 0.00000625. The largest absolute Gasteiger partial charge is 0.493 e. The van der Waals surface area contributed by atoms with Gasteiger partial charge in [0.15, 0.2) is 11.5 Å². The molecule has 4 heterocycles. The SMILES string of the molecule is CCCOCCOCCN(CC(C)(C)S)c1cc(COc2cc3c(cc2C)C(=O)N2c4ccccc4C[C@H]2[CH-]C3C)cc(COc2cc3c(cc2OC)C(=O)N2c4ccccc4C[C@H]2CC3)c1.[Y]. The Morgan fingerprint density at radius 2 is 1.40 bits per heavy atom. The Labute approximate surface area is 433 Å². The summed E-state index contributed by atoms with van der Waals surface area (Å²) < 4.78 is 30.7. The zero-order valence-corrected chi connectivity index (χ0v) is 44.1. The van der Waals surface area contributed by atoms with Crippen LogP contribution in [-0.2, 0) is 74.7 Å². The number of thiol groups is 1. The van der Waals surface area contributed by atoms with Crippen LogP contribution in [0.2, 0.25) is 0 Å². The fraction of sp³-hybridized carbons (Fsp3) is 0.411. The summed E-state index contributed by atoms with van der Waals surface area (Å²) in [5.74, 6) is 1.95. The first-order valence-corrected chi connectivity index (χ1v) is 24.4. The molecule has 12 heteroatoms. The number of methoxy groups -OCH3 is 1. The predicted octanol–water partition coefficient (Wildman–Crippen LogP) is 10.5. The van der Waals surface area contributed by atoms with Crippen molar-refractivity contribution in [1.29, 1.82) is 0 Å². The molecule has 4 aliphatic rings. The van der Waals surface area contributed by atoms with Gasteiger partial charge in [0, 0.05) is 91.4 Å². The smallest absolute Gasteiger partial charge is 0.258 e. The molecule has 68 heavy (non-hydrogen) atoms. The number of anilines is 3. The summed E-state index contributed by atoms with van der Waals surface area (Å²) in [6.45, 7) is 14.7. The van der Waals surface area contributed by atoms with Gasteiger partial charge >= 0.3 is 0 Å². The second-order valence-electron chi connectivity index (χ2n) is 19.2. The first-order valence-electron chi connectivity index (χ1n) is 23.9. The second kappa shape index (κ2) is 21.7. The van der Waals surface area contributed by atoms with E-state index in [1.54, 1.807) is 7.11 Å². The van der Waals surface area contributed by atoms with Crippen LogP contribution in [0.25, 0.3) is 0 Å². The number of nitrogens with zero attached hydrogens (tertiary/aromatic N) is 3. The molecule has 0 saturated heterocycles. The van der Waals surface area contributed by atoms with E-state index in [9.17, 15) is 9.59 Å². The molecule has 0 fully saturated rings. The topological polar surface area (TPSA) is 90.0 Å². The van der Waals surface area contributed by atoms with Gasteiger partial charge in [-0.3, -0.25) is 16.0 Å². The van der Waals surface area contributed by atoms with E-state index in [0.29, 0.717) is 56.6 Å². The number of carbonyl (C=O) groups excluding carboxylic acids is 2. The number of hydrogen-bond acceptors (Lipinski definition) is 9.